The van der Waals surface area contributed by atoms with Gasteiger partial charge in [-0.2, -0.15) is 5.10 Å². The lowest BCUT2D eigenvalue weighted by Gasteiger charge is -2.21. The van der Waals surface area contributed by atoms with Crippen LogP contribution in [-0.2, 0) is 23.1 Å². The molecular weight excluding hydrogens is 248 g/mol. The van der Waals surface area contributed by atoms with E-state index < -0.39 is 11.9 Å². The van der Waals surface area contributed by atoms with Crippen molar-refractivity contribution in [2.75, 3.05) is 0 Å². The van der Waals surface area contributed by atoms with Crippen molar-refractivity contribution in [3.63, 3.8) is 0 Å². The van der Waals surface area contributed by atoms with E-state index in [1.54, 1.807) is 17.9 Å². The first kappa shape index (κ1) is 13.3. The van der Waals surface area contributed by atoms with E-state index in [4.69, 9.17) is 0 Å². The van der Waals surface area contributed by atoms with E-state index >= 15 is 0 Å². The number of aromatic nitrogens is 2. The van der Waals surface area contributed by atoms with Crippen LogP contribution in [0.3, 0.4) is 0 Å². The van der Waals surface area contributed by atoms with Gasteiger partial charge in [0.1, 0.15) is 6.04 Å². The Morgan fingerprint density at radius 3 is 2.95 bits per heavy atom. The Labute approximate surface area is 110 Å². The molecule has 19 heavy (non-hydrogen) atoms. The Hall–Kier alpha value is -2.18. The first-order valence-electron chi connectivity index (χ1n) is 6.18. The van der Waals surface area contributed by atoms with E-state index in [0.717, 1.165) is 0 Å². The smallest absolute Gasteiger partial charge is 0.255 e. The van der Waals surface area contributed by atoms with E-state index in [1.807, 2.05) is 6.92 Å². The summed E-state index contributed by atoms with van der Waals surface area (Å²) in [4.78, 5) is 34.7. The highest BCUT2D eigenvalue weighted by molar-refractivity contribution is 6.04. The number of amides is 3. The summed E-state index contributed by atoms with van der Waals surface area (Å²) in [7, 11) is 1.74. The zero-order valence-electron chi connectivity index (χ0n) is 10.9. The van der Waals surface area contributed by atoms with Crippen LogP contribution in [0, 0.1) is 0 Å². The normalized spacial score (nSPS) is 19.2. The lowest BCUT2D eigenvalue weighted by atomic mass is 10.1. The molecule has 7 nitrogen and oxygen atoms in total. The van der Waals surface area contributed by atoms with Crippen LogP contribution < -0.4 is 10.6 Å². The van der Waals surface area contributed by atoms with Crippen molar-refractivity contribution in [1.29, 1.82) is 0 Å². The van der Waals surface area contributed by atoms with Crippen LogP contribution in [0.25, 0.3) is 0 Å². The standard InChI is InChI=1S/C12H16N4O3/c1-3-8-7(6-16(2)15-8)11(18)13-9-4-5-10(17)14-12(9)19/h6,9H,3-5H2,1-2H3,(H,13,18)(H,14,17,19). The SMILES string of the molecule is CCc1nn(C)cc1C(=O)NC1CCC(=O)NC1=O. The molecule has 2 N–H and O–H groups in total. The molecule has 2 rings (SSSR count). The van der Waals surface area contributed by atoms with E-state index in [-0.39, 0.29) is 18.2 Å². The van der Waals surface area contributed by atoms with E-state index in [2.05, 4.69) is 15.7 Å². The number of nitrogens with zero attached hydrogens (tertiary/aromatic N) is 2. The van der Waals surface area contributed by atoms with Crippen LogP contribution >= 0.6 is 0 Å². The van der Waals surface area contributed by atoms with Gasteiger partial charge in [0.25, 0.3) is 5.91 Å². The van der Waals surface area contributed by atoms with Gasteiger partial charge >= 0.3 is 0 Å². The first-order valence-corrected chi connectivity index (χ1v) is 6.18. The van der Waals surface area contributed by atoms with Gasteiger partial charge in [-0.15, -0.1) is 0 Å². The van der Waals surface area contributed by atoms with Crippen LogP contribution in [0.1, 0.15) is 35.8 Å². The van der Waals surface area contributed by atoms with Gasteiger partial charge in [0.15, 0.2) is 0 Å². The number of piperidine rings is 1. The molecule has 1 saturated heterocycles. The van der Waals surface area contributed by atoms with Gasteiger partial charge < -0.3 is 5.32 Å². The van der Waals surface area contributed by atoms with Crippen molar-refractivity contribution in [2.45, 2.75) is 32.2 Å². The predicted octanol–water partition coefficient (Wildman–Crippen LogP) is -0.482. The minimum atomic E-state index is -0.657. The molecule has 1 aliphatic heterocycles. The molecule has 1 aliphatic rings. The predicted molar refractivity (Wildman–Crippen MR) is 66.2 cm³/mol. The average molecular weight is 264 g/mol. The molecule has 0 radical (unpaired) electrons. The third kappa shape index (κ3) is 2.81. The molecular formula is C12H16N4O3. The fraction of sp³-hybridized carbons (Fsp3) is 0.500. The Morgan fingerprint density at radius 1 is 1.58 bits per heavy atom. The third-order valence-electron chi connectivity index (χ3n) is 3.03. The van der Waals surface area contributed by atoms with Gasteiger partial charge in [-0.05, 0) is 12.8 Å². The van der Waals surface area contributed by atoms with Crippen LogP contribution in [0.5, 0.6) is 0 Å². The number of hydrogen-bond donors (Lipinski definition) is 2. The summed E-state index contributed by atoms with van der Waals surface area (Å²) in [5, 5.41) is 9.02. The number of hydrogen-bond acceptors (Lipinski definition) is 4. The van der Waals surface area contributed by atoms with Crippen molar-refractivity contribution in [3.8, 4) is 0 Å². The fourth-order valence-corrected chi connectivity index (χ4v) is 2.05. The molecule has 2 heterocycles. The number of carbonyl (C=O) groups excluding carboxylic acids is 3. The number of carbonyl (C=O) groups is 3. The van der Waals surface area contributed by atoms with E-state index in [0.29, 0.717) is 24.1 Å². The van der Waals surface area contributed by atoms with Crippen LogP contribution in [0.15, 0.2) is 6.20 Å². The topological polar surface area (TPSA) is 93.1 Å². The summed E-state index contributed by atoms with van der Waals surface area (Å²) in [6.45, 7) is 1.91. The number of imide groups is 1. The molecule has 0 bridgehead atoms. The summed E-state index contributed by atoms with van der Waals surface area (Å²) in [5.74, 6) is -1.09. The average Bonchev–Trinajstić information content (AvgIpc) is 2.74. The van der Waals surface area contributed by atoms with Gasteiger partial charge in [0, 0.05) is 19.7 Å². The Balaban J connectivity index is 2.08. The van der Waals surface area contributed by atoms with Crippen molar-refractivity contribution >= 4 is 17.7 Å². The molecule has 0 aromatic carbocycles. The van der Waals surface area contributed by atoms with Gasteiger partial charge in [-0.25, -0.2) is 0 Å². The molecule has 1 aromatic heterocycles. The van der Waals surface area contributed by atoms with Crippen LogP contribution in [0.2, 0.25) is 0 Å². The summed E-state index contributed by atoms with van der Waals surface area (Å²) in [6.07, 6.45) is 2.83. The highest BCUT2D eigenvalue weighted by atomic mass is 16.2. The van der Waals surface area contributed by atoms with Crippen molar-refractivity contribution in [1.82, 2.24) is 20.4 Å². The minimum absolute atomic E-state index is 0.240. The fourth-order valence-electron chi connectivity index (χ4n) is 2.05. The second kappa shape index (κ2) is 5.21. The quantitative estimate of drug-likeness (QED) is 0.721. The molecule has 1 unspecified atom stereocenters. The second-order valence-corrected chi connectivity index (χ2v) is 4.49. The number of nitrogens with one attached hydrogen (secondary N) is 2. The first-order chi connectivity index (χ1) is 9.01. The highest BCUT2D eigenvalue weighted by Crippen LogP contribution is 2.10. The molecule has 7 heteroatoms. The van der Waals surface area contributed by atoms with E-state index in [9.17, 15) is 14.4 Å². The van der Waals surface area contributed by atoms with Crippen molar-refractivity contribution in [2.24, 2.45) is 7.05 Å². The maximum absolute atomic E-state index is 12.1. The van der Waals surface area contributed by atoms with Crippen LogP contribution in [-0.4, -0.2) is 33.5 Å². The molecule has 0 aliphatic carbocycles. The molecule has 0 saturated carbocycles. The van der Waals surface area contributed by atoms with Crippen LogP contribution in [0.4, 0.5) is 0 Å². The molecule has 1 atom stereocenters. The van der Waals surface area contributed by atoms with Crippen molar-refractivity contribution < 1.29 is 14.4 Å². The monoisotopic (exact) mass is 264 g/mol. The van der Waals surface area contributed by atoms with Gasteiger partial charge in [0.05, 0.1) is 11.3 Å². The largest absolute Gasteiger partial charge is 0.340 e. The Morgan fingerprint density at radius 2 is 2.32 bits per heavy atom. The number of rotatable bonds is 3. The summed E-state index contributed by atoms with van der Waals surface area (Å²) in [5.41, 5.74) is 1.15. The lowest BCUT2D eigenvalue weighted by Crippen LogP contribution is -2.52. The van der Waals surface area contributed by atoms with Crippen molar-refractivity contribution in [3.05, 3.63) is 17.5 Å². The van der Waals surface area contributed by atoms with Gasteiger partial charge in [-0.1, -0.05) is 6.92 Å². The maximum atomic E-state index is 12.1. The zero-order valence-corrected chi connectivity index (χ0v) is 10.9. The summed E-state index contributed by atoms with van der Waals surface area (Å²) in [6, 6.07) is -0.657. The summed E-state index contributed by atoms with van der Waals surface area (Å²) < 4.78 is 1.57. The number of aryl methyl sites for hydroxylation is 2. The lowest BCUT2D eigenvalue weighted by molar-refractivity contribution is -0.134. The Bertz CT molecular complexity index is 535. The zero-order chi connectivity index (χ0) is 14.0. The molecule has 102 valence electrons. The van der Waals surface area contributed by atoms with Gasteiger partial charge in [0.2, 0.25) is 11.8 Å². The molecule has 1 aromatic rings. The second-order valence-electron chi connectivity index (χ2n) is 4.49. The van der Waals surface area contributed by atoms with Gasteiger partial charge in [-0.3, -0.25) is 24.4 Å². The minimum Gasteiger partial charge on any atom is -0.340 e. The summed E-state index contributed by atoms with van der Waals surface area (Å²) >= 11 is 0. The Kier molecular flexibility index (Phi) is 3.64. The highest BCUT2D eigenvalue weighted by Gasteiger charge is 2.28. The third-order valence-corrected chi connectivity index (χ3v) is 3.03. The van der Waals surface area contributed by atoms with E-state index in [1.165, 1.54) is 0 Å². The molecule has 0 spiro atoms. The maximum Gasteiger partial charge on any atom is 0.255 e. The molecule has 1 fully saturated rings. The molecule has 3 amide bonds.